The summed E-state index contributed by atoms with van der Waals surface area (Å²) in [6.07, 6.45) is 2.92. The zero-order valence-corrected chi connectivity index (χ0v) is 11.8. The van der Waals surface area contributed by atoms with Gasteiger partial charge in [-0.25, -0.2) is 4.98 Å². The number of hydrogen-bond donors (Lipinski definition) is 1. The van der Waals surface area contributed by atoms with Gasteiger partial charge >= 0.3 is 0 Å². The Bertz CT molecular complexity index is 612. The molecule has 0 unspecified atom stereocenters. The first-order valence-corrected chi connectivity index (χ1v) is 6.74. The lowest BCUT2D eigenvalue weighted by atomic mass is 10.3. The van der Waals surface area contributed by atoms with Crippen molar-refractivity contribution in [3.05, 3.63) is 55.3 Å². The number of hydrogen-bond acceptors (Lipinski definition) is 4. The van der Waals surface area contributed by atoms with Crippen molar-refractivity contribution < 1.29 is 9.53 Å². The van der Waals surface area contributed by atoms with Gasteiger partial charge in [0.15, 0.2) is 0 Å². The molecule has 2 rings (SSSR count). The minimum Gasteiger partial charge on any atom is -0.497 e. The first-order chi connectivity index (χ1) is 9.71. The first-order valence-electron chi connectivity index (χ1n) is 5.92. The molecule has 4 nitrogen and oxygen atoms in total. The monoisotopic (exact) mass is 286 g/mol. The number of carbonyl (C=O) groups is 1. The van der Waals surface area contributed by atoms with Gasteiger partial charge in [0.05, 0.1) is 7.11 Å². The van der Waals surface area contributed by atoms with Gasteiger partial charge in [0, 0.05) is 16.0 Å². The van der Waals surface area contributed by atoms with Gasteiger partial charge in [-0.2, -0.15) is 0 Å². The van der Waals surface area contributed by atoms with E-state index in [-0.39, 0.29) is 5.91 Å². The Morgan fingerprint density at radius 1 is 1.35 bits per heavy atom. The Morgan fingerprint density at radius 2 is 2.20 bits per heavy atom. The fraction of sp³-hybridized carbons (Fsp3) is 0.0667. The highest BCUT2D eigenvalue weighted by Crippen LogP contribution is 2.29. The van der Waals surface area contributed by atoms with Crippen LogP contribution in [-0.2, 0) is 4.79 Å². The number of carbonyl (C=O) groups excluding carboxylic acids is 1. The van der Waals surface area contributed by atoms with Crippen LogP contribution in [0.3, 0.4) is 0 Å². The largest absolute Gasteiger partial charge is 0.497 e. The summed E-state index contributed by atoms with van der Waals surface area (Å²) in [7, 11) is 1.64. The highest BCUT2D eigenvalue weighted by atomic mass is 32.2. The van der Waals surface area contributed by atoms with Gasteiger partial charge in [0.25, 0.3) is 0 Å². The van der Waals surface area contributed by atoms with Crippen molar-refractivity contribution in [3.63, 3.8) is 0 Å². The lowest BCUT2D eigenvalue weighted by Crippen LogP contribution is -2.08. The van der Waals surface area contributed by atoms with Crippen LogP contribution >= 0.6 is 11.8 Å². The molecule has 0 aliphatic heterocycles. The number of anilines is 1. The van der Waals surface area contributed by atoms with E-state index in [1.807, 2.05) is 30.3 Å². The van der Waals surface area contributed by atoms with E-state index in [0.717, 1.165) is 15.5 Å². The number of benzene rings is 1. The zero-order valence-electron chi connectivity index (χ0n) is 11.0. The van der Waals surface area contributed by atoms with Crippen molar-refractivity contribution in [3.8, 4) is 5.75 Å². The lowest BCUT2D eigenvalue weighted by Gasteiger charge is -2.05. The molecular weight excluding hydrogens is 272 g/mol. The summed E-state index contributed by atoms with van der Waals surface area (Å²) in [6.45, 7) is 3.39. The zero-order chi connectivity index (χ0) is 14.4. The van der Waals surface area contributed by atoms with E-state index in [9.17, 15) is 4.79 Å². The first kappa shape index (κ1) is 14.1. The van der Waals surface area contributed by atoms with E-state index in [4.69, 9.17) is 4.74 Å². The summed E-state index contributed by atoms with van der Waals surface area (Å²) in [5.74, 6) is 1.05. The molecule has 2 aromatic rings. The van der Waals surface area contributed by atoms with Gasteiger partial charge in [0.2, 0.25) is 5.91 Å². The maximum atomic E-state index is 11.1. The van der Waals surface area contributed by atoms with Crippen LogP contribution in [0.5, 0.6) is 5.75 Å². The molecular formula is C15H14N2O2S. The molecule has 0 saturated carbocycles. The van der Waals surface area contributed by atoms with Crippen LogP contribution in [0.2, 0.25) is 0 Å². The fourth-order valence-electron chi connectivity index (χ4n) is 1.49. The Labute approximate surface area is 121 Å². The van der Waals surface area contributed by atoms with Gasteiger partial charge in [-0.05, 0) is 36.4 Å². The van der Waals surface area contributed by atoms with Gasteiger partial charge in [-0.3, -0.25) is 4.79 Å². The second-order valence-electron chi connectivity index (χ2n) is 3.85. The molecule has 0 spiro atoms. The highest BCUT2D eigenvalue weighted by molar-refractivity contribution is 7.99. The van der Waals surface area contributed by atoms with Crippen LogP contribution in [0.25, 0.3) is 0 Å². The van der Waals surface area contributed by atoms with E-state index in [2.05, 4.69) is 16.9 Å². The number of pyridine rings is 1. The second kappa shape index (κ2) is 6.77. The van der Waals surface area contributed by atoms with Crippen molar-refractivity contribution in [1.82, 2.24) is 4.98 Å². The lowest BCUT2D eigenvalue weighted by molar-refractivity contribution is -0.111. The van der Waals surface area contributed by atoms with E-state index >= 15 is 0 Å². The van der Waals surface area contributed by atoms with Gasteiger partial charge in [0.1, 0.15) is 11.6 Å². The van der Waals surface area contributed by atoms with E-state index in [1.165, 1.54) is 6.08 Å². The maximum absolute atomic E-state index is 11.1. The van der Waals surface area contributed by atoms with Crippen molar-refractivity contribution in [2.45, 2.75) is 9.79 Å². The van der Waals surface area contributed by atoms with E-state index < -0.39 is 0 Å². The molecule has 0 bridgehead atoms. The number of nitrogens with one attached hydrogen (secondary N) is 1. The SMILES string of the molecule is C=CC(=O)Nc1ccc(Sc2cccc(OC)c2)cn1. The second-order valence-corrected chi connectivity index (χ2v) is 5.00. The highest BCUT2D eigenvalue weighted by Gasteiger charge is 2.02. The van der Waals surface area contributed by atoms with Gasteiger partial charge in [-0.15, -0.1) is 0 Å². The molecule has 0 aliphatic rings. The Hall–Kier alpha value is -2.27. The minimum absolute atomic E-state index is 0.273. The summed E-state index contributed by atoms with van der Waals surface area (Å²) in [6, 6.07) is 11.4. The van der Waals surface area contributed by atoms with Crippen molar-refractivity contribution in [2.24, 2.45) is 0 Å². The number of nitrogens with zero attached hydrogens (tertiary/aromatic N) is 1. The van der Waals surface area contributed by atoms with Crippen molar-refractivity contribution in [1.29, 1.82) is 0 Å². The van der Waals surface area contributed by atoms with Crippen molar-refractivity contribution >= 4 is 23.5 Å². The van der Waals surface area contributed by atoms with Crippen LogP contribution in [0.1, 0.15) is 0 Å². The molecule has 1 heterocycles. The third-order valence-electron chi connectivity index (χ3n) is 2.45. The molecule has 1 amide bonds. The third-order valence-corrected chi connectivity index (χ3v) is 3.42. The third kappa shape index (κ3) is 3.86. The number of methoxy groups -OCH3 is 1. The molecule has 20 heavy (non-hydrogen) atoms. The van der Waals surface area contributed by atoms with Crippen LogP contribution in [0, 0.1) is 0 Å². The molecule has 5 heteroatoms. The Balaban J connectivity index is 2.06. The molecule has 1 aromatic heterocycles. The summed E-state index contributed by atoms with van der Waals surface area (Å²) >= 11 is 1.58. The summed E-state index contributed by atoms with van der Waals surface area (Å²) in [5, 5.41) is 2.60. The standard InChI is InChI=1S/C15H14N2O2S/c1-3-15(18)17-14-8-7-13(10-16-14)20-12-6-4-5-11(9-12)19-2/h3-10H,1H2,2H3,(H,16,17,18). The summed E-state index contributed by atoms with van der Waals surface area (Å²) < 4.78 is 5.18. The van der Waals surface area contributed by atoms with Crippen LogP contribution in [0.15, 0.2) is 65.0 Å². The van der Waals surface area contributed by atoms with Crippen LogP contribution < -0.4 is 10.1 Å². The quantitative estimate of drug-likeness (QED) is 0.856. The minimum atomic E-state index is -0.273. The fourth-order valence-corrected chi connectivity index (χ4v) is 2.33. The number of aromatic nitrogens is 1. The predicted octanol–water partition coefficient (Wildman–Crippen LogP) is 3.37. The number of amides is 1. The molecule has 102 valence electrons. The summed E-state index contributed by atoms with van der Waals surface area (Å²) in [5.41, 5.74) is 0. The van der Waals surface area contributed by atoms with Crippen LogP contribution in [0.4, 0.5) is 5.82 Å². The van der Waals surface area contributed by atoms with Gasteiger partial charge < -0.3 is 10.1 Å². The van der Waals surface area contributed by atoms with E-state index in [1.54, 1.807) is 31.1 Å². The normalized spacial score (nSPS) is 9.85. The van der Waals surface area contributed by atoms with Crippen molar-refractivity contribution in [2.75, 3.05) is 12.4 Å². The molecule has 0 fully saturated rings. The Morgan fingerprint density at radius 3 is 2.85 bits per heavy atom. The predicted molar refractivity (Wildman–Crippen MR) is 80.2 cm³/mol. The average Bonchev–Trinajstić information content (AvgIpc) is 2.49. The molecule has 1 aromatic carbocycles. The molecule has 0 aliphatic carbocycles. The molecule has 0 atom stereocenters. The molecule has 0 saturated heterocycles. The summed E-state index contributed by atoms with van der Waals surface area (Å²) in [4.78, 5) is 17.4. The Kier molecular flexibility index (Phi) is 4.79. The average molecular weight is 286 g/mol. The van der Waals surface area contributed by atoms with E-state index in [0.29, 0.717) is 5.82 Å². The number of rotatable bonds is 5. The van der Waals surface area contributed by atoms with Gasteiger partial charge in [-0.1, -0.05) is 24.4 Å². The number of ether oxygens (including phenoxy) is 1. The molecule has 0 radical (unpaired) electrons. The molecule has 1 N–H and O–H groups in total. The topological polar surface area (TPSA) is 51.2 Å². The van der Waals surface area contributed by atoms with Crippen LogP contribution in [-0.4, -0.2) is 18.0 Å². The maximum Gasteiger partial charge on any atom is 0.248 e. The smallest absolute Gasteiger partial charge is 0.248 e.